The van der Waals surface area contributed by atoms with Crippen LogP contribution in [0.15, 0.2) is 41.7 Å². The van der Waals surface area contributed by atoms with E-state index in [4.69, 9.17) is 4.74 Å². The van der Waals surface area contributed by atoms with Crippen molar-refractivity contribution >= 4 is 35.6 Å². The van der Waals surface area contributed by atoms with E-state index >= 15 is 0 Å². The van der Waals surface area contributed by atoms with Gasteiger partial charge in [0.25, 0.3) is 0 Å². The molecule has 0 bridgehead atoms. The summed E-state index contributed by atoms with van der Waals surface area (Å²) >= 11 is 0. The Morgan fingerprint density at radius 2 is 1.96 bits per heavy atom. The maximum absolute atomic E-state index is 5.49. The summed E-state index contributed by atoms with van der Waals surface area (Å²) in [5.74, 6) is 1.88. The van der Waals surface area contributed by atoms with Gasteiger partial charge in [0.2, 0.25) is 0 Å². The molecular formula is C19H29IN6O. The number of anilines is 1. The molecule has 1 aromatic carbocycles. The van der Waals surface area contributed by atoms with Crippen LogP contribution < -0.4 is 15.0 Å². The molecule has 0 spiro atoms. The van der Waals surface area contributed by atoms with Crippen LogP contribution in [0.2, 0.25) is 0 Å². The molecule has 1 aliphatic heterocycles. The number of hydrogen-bond acceptors (Lipinski definition) is 4. The van der Waals surface area contributed by atoms with Crippen molar-refractivity contribution in [3.8, 4) is 5.75 Å². The van der Waals surface area contributed by atoms with Crippen LogP contribution in [-0.4, -0.2) is 67.5 Å². The lowest BCUT2D eigenvalue weighted by atomic mass is 10.2. The smallest absolute Gasteiger partial charge is 0.193 e. The van der Waals surface area contributed by atoms with Gasteiger partial charge < -0.3 is 19.9 Å². The number of rotatable bonds is 5. The average molecular weight is 484 g/mol. The standard InChI is InChI=1S/C19H28N6O.HI/c1-16-14-22-25(15-16)9-8-21-19(20-2)24-12-10-23(11-13-24)17-6-4-5-7-18(17)26-3;/h4-7,14-15H,8-13H2,1-3H3,(H,20,21);1H. The highest BCUT2D eigenvalue weighted by Crippen LogP contribution is 2.28. The van der Waals surface area contributed by atoms with Crippen LogP contribution >= 0.6 is 24.0 Å². The van der Waals surface area contributed by atoms with E-state index in [9.17, 15) is 0 Å². The van der Waals surface area contributed by atoms with Crippen molar-refractivity contribution in [2.75, 3.05) is 51.8 Å². The molecule has 1 aliphatic rings. The maximum atomic E-state index is 5.49. The van der Waals surface area contributed by atoms with E-state index in [0.29, 0.717) is 0 Å². The van der Waals surface area contributed by atoms with Crippen molar-refractivity contribution in [2.45, 2.75) is 13.5 Å². The van der Waals surface area contributed by atoms with E-state index in [1.165, 1.54) is 5.56 Å². The molecule has 2 heterocycles. The number of halogens is 1. The highest BCUT2D eigenvalue weighted by Gasteiger charge is 2.21. The van der Waals surface area contributed by atoms with E-state index in [0.717, 1.165) is 56.7 Å². The fourth-order valence-electron chi connectivity index (χ4n) is 3.25. The van der Waals surface area contributed by atoms with Crippen molar-refractivity contribution in [2.24, 2.45) is 4.99 Å². The molecule has 3 rings (SSSR count). The number of benzene rings is 1. The second-order valence-corrected chi connectivity index (χ2v) is 6.40. The Morgan fingerprint density at radius 1 is 1.22 bits per heavy atom. The topological polar surface area (TPSA) is 57.9 Å². The summed E-state index contributed by atoms with van der Waals surface area (Å²) in [6, 6.07) is 8.19. The van der Waals surface area contributed by atoms with E-state index in [2.05, 4.69) is 50.5 Å². The summed E-state index contributed by atoms with van der Waals surface area (Å²) in [7, 11) is 3.56. The normalized spacial score (nSPS) is 14.7. The van der Waals surface area contributed by atoms with Crippen LogP contribution in [0.25, 0.3) is 0 Å². The Morgan fingerprint density at radius 3 is 2.59 bits per heavy atom. The minimum absolute atomic E-state index is 0. The van der Waals surface area contributed by atoms with Gasteiger partial charge in [0.1, 0.15) is 5.75 Å². The van der Waals surface area contributed by atoms with Crippen molar-refractivity contribution in [3.63, 3.8) is 0 Å². The van der Waals surface area contributed by atoms with Gasteiger partial charge in [-0.2, -0.15) is 5.10 Å². The Balaban J connectivity index is 0.00000261. The summed E-state index contributed by atoms with van der Waals surface area (Å²) < 4.78 is 7.44. The first-order valence-electron chi connectivity index (χ1n) is 9.04. The number of ether oxygens (including phenoxy) is 1. The Labute approximate surface area is 178 Å². The Kier molecular flexibility index (Phi) is 8.21. The summed E-state index contributed by atoms with van der Waals surface area (Å²) in [4.78, 5) is 9.11. The molecular weight excluding hydrogens is 455 g/mol. The number of para-hydroxylation sites is 2. The Bertz CT molecular complexity index is 739. The van der Waals surface area contributed by atoms with Gasteiger partial charge in [-0.25, -0.2) is 0 Å². The predicted molar refractivity (Wildman–Crippen MR) is 121 cm³/mol. The summed E-state index contributed by atoms with van der Waals surface area (Å²) in [5, 5.41) is 7.76. The minimum Gasteiger partial charge on any atom is -0.495 e. The van der Waals surface area contributed by atoms with Gasteiger partial charge >= 0.3 is 0 Å². The van der Waals surface area contributed by atoms with Gasteiger partial charge in [-0.3, -0.25) is 9.67 Å². The van der Waals surface area contributed by atoms with Crippen molar-refractivity contribution in [3.05, 3.63) is 42.2 Å². The van der Waals surface area contributed by atoms with Gasteiger partial charge in [-0.1, -0.05) is 12.1 Å². The van der Waals surface area contributed by atoms with Gasteiger partial charge in [0, 0.05) is 46.0 Å². The largest absolute Gasteiger partial charge is 0.495 e. The molecule has 0 unspecified atom stereocenters. The third-order valence-electron chi connectivity index (χ3n) is 4.60. The molecule has 27 heavy (non-hydrogen) atoms. The SMILES string of the molecule is CN=C(NCCn1cc(C)cn1)N1CCN(c2ccccc2OC)CC1.I. The highest BCUT2D eigenvalue weighted by atomic mass is 127. The van der Waals surface area contributed by atoms with Crippen LogP contribution in [0.3, 0.4) is 0 Å². The second kappa shape index (κ2) is 10.4. The summed E-state index contributed by atoms with van der Waals surface area (Å²) in [6.45, 7) is 7.43. The van der Waals surface area contributed by atoms with Gasteiger partial charge in [-0.15, -0.1) is 24.0 Å². The highest BCUT2D eigenvalue weighted by molar-refractivity contribution is 14.0. The van der Waals surface area contributed by atoms with Gasteiger partial charge in [0.15, 0.2) is 5.96 Å². The molecule has 0 amide bonds. The number of aromatic nitrogens is 2. The molecule has 0 aliphatic carbocycles. The molecule has 1 fully saturated rings. The molecule has 8 heteroatoms. The average Bonchev–Trinajstić information content (AvgIpc) is 3.10. The molecule has 7 nitrogen and oxygen atoms in total. The zero-order valence-corrected chi connectivity index (χ0v) is 18.6. The number of guanidine groups is 1. The van der Waals surface area contributed by atoms with Crippen LogP contribution in [-0.2, 0) is 6.54 Å². The fourth-order valence-corrected chi connectivity index (χ4v) is 3.25. The molecule has 1 N–H and O–H groups in total. The first kappa shape index (κ1) is 21.3. The number of hydrogen-bond donors (Lipinski definition) is 1. The molecule has 1 aromatic heterocycles. The third-order valence-corrected chi connectivity index (χ3v) is 4.60. The summed E-state index contributed by atoms with van der Waals surface area (Å²) in [5.41, 5.74) is 2.34. The van der Waals surface area contributed by atoms with Crippen molar-refractivity contribution in [1.29, 1.82) is 0 Å². The van der Waals surface area contributed by atoms with Crippen LogP contribution in [0, 0.1) is 6.92 Å². The molecule has 0 atom stereocenters. The van der Waals surface area contributed by atoms with Crippen LogP contribution in [0.1, 0.15) is 5.56 Å². The first-order valence-corrected chi connectivity index (χ1v) is 9.04. The molecule has 148 valence electrons. The van der Waals surface area contributed by atoms with E-state index in [1.54, 1.807) is 7.11 Å². The molecule has 0 radical (unpaired) electrons. The molecule has 2 aromatic rings. The summed E-state index contributed by atoms with van der Waals surface area (Å²) in [6.07, 6.45) is 3.93. The quantitative estimate of drug-likeness (QED) is 0.401. The van der Waals surface area contributed by atoms with E-state index in [-0.39, 0.29) is 24.0 Å². The number of piperazine rings is 1. The van der Waals surface area contributed by atoms with E-state index in [1.807, 2.05) is 30.1 Å². The molecule has 0 saturated carbocycles. The first-order chi connectivity index (χ1) is 12.7. The minimum atomic E-state index is 0. The lowest BCUT2D eigenvalue weighted by Gasteiger charge is -2.38. The number of methoxy groups -OCH3 is 1. The number of aliphatic imine (C=N–C) groups is 1. The second-order valence-electron chi connectivity index (χ2n) is 6.40. The fraction of sp³-hybridized carbons (Fsp3) is 0.474. The zero-order valence-electron chi connectivity index (χ0n) is 16.3. The van der Waals surface area contributed by atoms with Gasteiger partial charge in [-0.05, 0) is 24.6 Å². The molecule has 1 saturated heterocycles. The lowest BCUT2D eigenvalue weighted by Crippen LogP contribution is -2.53. The van der Waals surface area contributed by atoms with Crippen molar-refractivity contribution in [1.82, 2.24) is 20.0 Å². The van der Waals surface area contributed by atoms with Crippen molar-refractivity contribution < 1.29 is 4.74 Å². The van der Waals surface area contributed by atoms with Crippen LogP contribution in [0.5, 0.6) is 5.75 Å². The third kappa shape index (κ3) is 5.50. The van der Waals surface area contributed by atoms with Gasteiger partial charge in [0.05, 0.1) is 25.5 Å². The zero-order chi connectivity index (χ0) is 18.4. The number of nitrogens with one attached hydrogen (secondary N) is 1. The lowest BCUT2D eigenvalue weighted by molar-refractivity contribution is 0.366. The van der Waals surface area contributed by atoms with Crippen LogP contribution in [0.4, 0.5) is 5.69 Å². The van der Waals surface area contributed by atoms with E-state index < -0.39 is 0 Å². The number of nitrogens with zero attached hydrogens (tertiary/aromatic N) is 5. The predicted octanol–water partition coefficient (Wildman–Crippen LogP) is 2.22. The Hall–Kier alpha value is -1.97. The monoisotopic (exact) mass is 484 g/mol. The number of aryl methyl sites for hydroxylation is 1. The maximum Gasteiger partial charge on any atom is 0.193 e.